The summed E-state index contributed by atoms with van der Waals surface area (Å²) in [7, 11) is 0. The molecule has 0 aromatic rings. The van der Waals surface area contributed by atoms with Crippen LogP contribution in [0.5, 0.6) is 0 Å². The van der Waals surface area contributed by atoms with Crippen LogP contribution in [0.1, 0.15) is 25.7 Å². The molecule has 0 fully saturated rings. The molecule has 0 saturated heterocycles. The zero-order valence-electron chi connectivity index (χ0n) is 5.07. The fraction of sp³-hybridized carbons (Fsp3) is 1.00. The Morgan fingerprint density at radius 3 is 2.12 bits per heavy atom. The molecule has 0 aromatic carbocycles. The Morgan fingerprint density at radius 2 is 1.62 bits per heavy atom. The second kappa shape index (κ2) is 7.49. The van der Waals surface area contributed by atoms with E-state index in [1.54, 1.807) is 0 Å². The second-order valence-electron chi connectivity index (χ2n) is 1.83. The van der Waals surface area contributed by atoms with E-state index in [2.05, 4.69) is 16.9 Å². The molecule has 0 bridgehead atoms. The summed E-state index contributed by atoms with van der Waals surface area (Å²) in [5.74, 6) is 0. The molecule has 0 aromatic heterocycles. The molecule has 0 aliphatic carbocycles. The predicted molar refractivity (Wildman–Crippen MR) is 35.0 cm³/mol. The van der Waals surface area contributed by atoms with Gasteiger partial charge in [-0.15, -0.1) is 0 Å². The summed E-state index contributed by atoms with van der Waals surface area (Å²) in [6, 6.07) is 0. The molecule has 0 spiro atoms. The van der Waals surface area contributed by atoms with Crippen molar-refractivity contribution in [2.24, 2.45) is 0 Å². The van der Waals surface area contributed by atoms with Gasteiger partial charge in [0.2, 0.25) is 0 Å². The van der Waals surface area contributed by atoms with Crippen LogP contribution >= 0.6 is 0 Å². The van der Waals surface area contributed by atoms with Gasteiger partial charge in [0.05, 0.1) is 0 Å². The van der Waals surface area contributed by atoms with Gasteiger partial charge in [0.15, 0.2) is 0 Å². The molecule has 0 rings (SSSR count). The van der Waals surface area contributed by atoms with Gasteiger partial charge in [-0.25, -0.2) is 0 Å². The molecule has 2 radical (unpaired) electrons. The third kappa shape index (κ3) is 6.49. The van der Waals surface area contributed by atoms with Crippen LogP contribution in [0.15, 0.2) is 0 Å². The van der Waals surface area contributed by atoms with Gasteiger partial charge in [-0.1, -0.05) is 0 Å². The summed E-state index contributed by atoms with van der Waals surface area (Å²) in [5, 5.41) is 1.18. The van der Waals surface area contributed by atoms with Crippen molar-refractivity contribution >= 4 is 16.9 Å². The van der Waals surface area contributed by atoms with Gasteiger partial charge in [0, 0.05) is 0 Å². The van der Waals surface area contributed by atoms with Crippen molar-refractivity contribution in [1.82, 2.24) is 0 Å². The van der Waals surface area contributed by atoms with E-state index >= 15 is 0 Å². The van der Waals surface area contributed by atoms with Crippen LogP contribution in [0.2, 0.25) is 5.21 Å². The first kappa shape index (κ1) is 8.49. The molecule has 0 saturated carbocycles. The van der Waals surface area contributed by atoms with Crippen LogP contribution in [0.4, 0.5) is 4.39 Å². The van der Waals surface area contributed by atoms with E-state index in [4.69, 9.17) is 0 Å². The minimum absolute atomic E-state index is 0.140. The number of unbranched alkanes of at least 4 members (excludes halogenated alkanes) is 3. The summed E-state index contributed by atoms with van der Waals surface area (Å²) >= 11 is 2.54. The fourth-order valence-electron chi connectivity index (χ4n) is 0.560. The van der Waals surface area contributed by atoms with E-state index in [-0.39, 0.29) is 6.67 Å². The van der Waals surface area contributed by atoms with Gasteiger partial charge in [-0.2, -0.15) is 0 Å². The Bertz CT molecular complexity index is 33.5. The van der Waals surface area contributed by atoms with Crippen molar-refractivity contribution < 1.29 is 4.39 Å². The monoisotopic (exact) mass is 178 g/mol. The van der Waals surface area contributed by atoms with Crippen LogP contribution in [0.25, 0.3) is 0 Å². The molecule has 0 aliphatic heterocycles. The van der Waals surface area contributed by atoms with Crippen LogP contribution < -0.4 is 0 Å². The Hall–Kier alpha value is 0.488. The fourth-order valence-corrected chi connectivity index (χ4v) is 1.03. The number of halogens is 1. The first-order valence-electron chi connectivity index (χ1n) is 3.08. The van der Waals surface area contributed by atoms with Crippen LogP contribution in [0.3, 0.4) is 0 Å². The van der Waals surface area contributed by atoms with E-state index in [1.807, 2.05) is 0 Å². The average molecular weight is 178 g/mol. The quantitative estimate of drug-likeness (QED) is 0.446. The Kier molecular flexibility index (Phi) is 7.95. The maximum atomic E-state index is 11.4. The Morgan fingerprint density at radius 1 is 1.00 bits per heavy atom. The van der Waals surface area contributed by atoms with E-state index < -0.39 is 0 Å². The van der Waals surface area contributed by atoms with Crippen LogP contribution in [-0.4, -0.2) is 23.5 Å². The molecule has 0 N–H and O–H groups in total. The Labute approximate surface area is 59.3 Å². The topological polar surface area (TPSA) is 0 Å². The SMILES string of the molecule is FCCCCCC[As]. The molecule has 48 valence electrons. The molecule has 0 amide bonds. The number of alkyl halides is 1. The maximum absolute atomic E-state index is 11.4. The van der Waals surface area contributed by atoms with Gasteiger partial charge in [0.1, 0.15) is 0 Å². The van der Waals surface area contributed by atoms with Crippen molar-refractivity contribution in [1.29, 1.82) is 0 Å². The molecule has 0 aliphatic rings. The van der Waals surface area contributed by atoms with Gasteiger partial charge in [-0.05, 0) is 0 Å². The predicted octanol–water partition coefficient (Wildman–Crippen LogP) is 2.10. The minimum atomic E-state index is -0.140. The summed E-state index contributed by atoms with van der Waals surface area (Å²) in [6.45, 7) is -0.140. The van der Waals surface area contributed by atoms with E-state index in [0.29, 0.717) is 0 Å². The van der Waals surface area contributed by atoms with Crippen molar-refractivity contribution in [2.45, 2.75) is 30.9 Å². The summed E-state index contributed by atoms with van der Waals surface area (Å²) in [6.07, 6.45) is 4.25. The molecule has 2 heteroatoms. The van der Waals surface area contributed by atoms with Crippen molar-refractivity contribution in [3.8, 4) is 0 Å². The summed E-state index contributed by atoms with van der Waals surface area (Å²) in [5.41, 5.74) is 0. The third-order valence-electron chi connectivity index (χ3n) is 1.04. The van der Waals surface area contributed by atoms with E-state index in [9.17, 15) is 4.39 Å². The number of hydrogen-bond donors (Lipinski definition) is 0. The molecule has 0 atom stereocenters. The van der Waals surface area contributed by atoms with Gasteiger partial charge in [-0.3, -0.25) is 0 Å². The van der Waals surface area contributed by atoms with E-state index in [0.717, 1.165) is 12.8 Å². The summed E-state index contributed by atoms with van der Waals surface area (Å²) < 4.78 is 11.4. The van der Waals surface area contributed by atoms with Gasteiger partial charge >= 0.3 is 58.8 Å². The standard InChI is InChI=1S/C6H12AsF/c7-5-3-1-2-4-6-8/h1-6H2. The van der Waals surface area contributed by atoms with Crippen molar-refractivity contribution in [3.63, 3.8) is 0 Å². The number of hydrogen-bond acceptors (Lipinski definition) is 0. The molecular weight excluding hydrogens is 166 g/mol. The average Bonchev–Trinajstić information content (AvgIpc) is 1.81. The molecule has 8 heavy (non-hydrogen) atoms. The summed E-state index contributed by atoms with van der Waals surface area (Å²) in [4.78, 5) is 0. The molecule has 0 unspecified atom stereocenters. The van der Waals surface area contributed by atoms with Crippen molar-refractivity contribution in [2.75, 3.05) is 6.67 Å². The zero-order valence-corrected chi connectivity index (χ0v) is 6.94. The van der Waals surface area contributed by atoms with E-state index in [1.165, 1.54) is 18.1 Å². The zero-order chi connectivity index (χ0) is 6.24. The molecule has 0 nitrogen and oxygen atoms in total. The Balaban J connectivity index is 2.53. The second-order valence-corrected chi connectivity index (χ2v) is 2.77. The normalized spacial score (nSPS) is 9.75. The van der Waals surface area contributed by atoms with Crippen LogP contribution in [0, 0.1) is 0 Å². The van der Waals surface area contributed by atoms with Gasteiger partial charge < -0.3 is 0 Å². The first-order chi connectivity index (χ1) is 3.91. The molecule has 0 heterocycles. The van der Waals surface area contributed by atoms with Gasteiger partial charge in [0.25, 0.3) is 0 Å². The third-order valence-corrected chi connectivity index (χ3v) is 1.71. The number of rotatable bonds is 5. The molecular formula is C6H12AsF. The van der Waals surface area contributed by atoms with Crippen molar-refractivity contribution in [3.05, 3.63) is 0 Å². The van der Waals surface area contributed by atoms with Crippen LogP contribution in [-0.2, 0) is 0 Å². The first-order valence-corrected chi connectivity index (χ1v) is 4.41.